The van der Waals surface area contributed by atoms with E-state index in [0.717, 1.165) is 10.6 Å². The number of aromatic nitrogens is 1. The first-order valence-electron chi connectivity index (χ1n) is 4.71. The van der Waals surface area contributed by atoms with Gasteiger partial charge >= 0.3 is 5.97 Å². The van der Waals surface area contributed by atoms with Gasteiger partial charge in [0, 0.05) is 11.9 Å². The van der Waals surface area contributed by atoms with Crippen LogP contribution in [0.3, 0.4) is 0 Å². The van der Waals surface area contributed by atoms with Crippen LogP contribution in [0.1, 0.15) is 15.2 Å². The average molecular weight is 286 g/mol. The third kappa shape index (κ3) is 3.21. The Kier molecular flexibility index (Phi) is 4.04. The number of carbonyl (C=O) groups is 1. The van der Waals surface area contributed by atoms with Crippen LogP contribution in [-0.2, 0) is 5.75 Å². The van der Waals surface area contributed by atoms with Crippen molar-refractivity contribution in [2.45, 2.75) is 10.8 Å². The van der Waals surface area contributed by atoms with Crippen LogP contribution in [0.25, 0.3) is 0 Å². The molecule has 0 amide bonds. The molecule has 2 heterocycles. The summed E-state index contributed by atoms with van der Waals surface area (Å²) in [4.78, 5) is 15.4. The molecule has 0 saturated heterocycles. The lowest BCUT2D eigenvalue weighted by Crippen LogP contribution is -1.96. The van der Waals surface area contributed by atoms with Crippen LogP contribution >= 0.6 is 34.7 Å². The molecule has 0 aliphatic rings. The van der Waals surface area contributed by atoms with Crippen molar-refractivity contribution in [1.82, 2.24) is 4.98 Å². The molecule has 2 aromatic heterocycles. The van der Waals surface area contributed by atoms with Crippen LogP contribution in [0.5, 0.6) is 0 Å². The summed E-state index contributed by atoms with van der Waals surface area (Å²) < 4.78 is 0. The van der Waals surface area contributed by atoms with Crippen LogP contribution in [0.15, 0.2) is 34.8 Å². The maximum atomic E-state index is 10.9. The molecule has 0 atom stereocenters. The summed E-state index contributed by atoms with van der Waals surface area (Å²) in [5.41, 5.74) is 0.823. The van der Waals surface area contributed by atoms with E-state index in [1.807, 2.05) is 12.1 Å². The molecule has 0 unspecified atom stereocenters. The lowest BCUT2D eigenvalue weighted by molar-refractivity contribution is 0.0701. The third-order valence-corrected chi connectivity index (χ3v) is 4.18. The smallest absolute Gasteiger partial charge is 0.346 e. The number of carboxylic acids is 1. The van der Waals surface area contributed by atoms with Gasteiger partial charge in [0.15, 0.2) is 0 Å². The number of thioether (sulfide) groups is 1. The SMILES string of the molecule is O=C(O)c1sccc1CSc1ccc(Cl)cn1. The van der Waals surface area contributed by atoms with E-state index in [-0.39, 0.29) is 0 Å². The molecular formula is C11H8ClNO2S2. The van der Waals surface area contributed by atoms with Crippen LogP contribution < -0.4 is 0 Å². The zero-order valence-electron chi connectivity index (χ0n) is 8.59. The zero-order chi connectivity index (χ0) is 12.3. The Hall–Kier alpha value is -1.04. The lowest BCUT2D eigenvalue weighted by atomic mass is 10.3. The molecule has 88 valence electrons. The highest BCUT2D eigenvalue weighted by Gasteiger charge is 2.11. The normalized spacial score (nSPS) is 10.4. The fraction of sp³-hybridized carbons (Fsp3) is 0.0909. The summed E-state index contributed by atoms with van der Waals surface area (Å²) in [6.07, 6.45) is 1.58. The number of rotatable bonds is 4. The van der Waals surface area contributed by atoms with Gasteiger partial charge in [-0.1, -0.05) is 11.6 Å². The van der Waals surface area contributed by atoms with Crippen molar-refractivity contribution in [1.29, 1.82) is 0 Å². The summed E-state index contributed by atoms with van der Waals surface area (Å²) in [5, 5.41) is 12.2. The van der Waals surface area contributed by atoms with Crippen molar-refractivity contribution in [3.8, 4) is 0 Å². The molecule has 0 saturated carbocycles. The largest absolute Gasteiger partial charge is 0.477 e. The Morgan fingerprint density at radius 3 is 2.94 bits per heavy atom. The predicted octanol–water partition coefficient (Wildman–Crippen LogP) is 3.79. The Labute approximate surface area is 111 Å². The van der Waals surface area contributed by atoms with E-state index in [9.17, 15) is 4.79 Å². The number of thiophene rings is 1. The number of hydrogen-bond acceptors (Lipinski definition) is 4. The molecule has 0 spiro atoms. The number of pyridine rings is 1. The number of aromatic carboxylic acids is 1. The third-order valence-electron chi connectivity index (χ3n) is 2.02. The fourth-order valence-corrected chi connectivity index (χ4v) is 3.04. The van der Waals surface area contributed by atoms with Crippen molar-refractivity contribution in [3.05, 3.63) is 45.2 Å². The summed E-state index contributed by atoms with van der Waals surface area (Å²) in [6, 6.07) is 5.42. The van der Waals surface area contributed by atoms with E-state index >= 15 is 0 Å². The van der Waals surface area contributed by atoms with Gasteiger partial charge in [0.05, 0.1) is 10.0 Å². The number of halogens is 1. The molecule has 0 aromatic carbocycles. The number of hydrogen-bond donors (Lipinski definition) is 1. The van der Waals surface area contributed by atoms with Crippen molar-refractivity contribution in [2.75, 3.05) is 0 Å². The maximum Gasteiger partial charge on any atom is 0.346 e. The standard InChI is InChI=1S/C11H8ClNO2S2/c12-8-1-2-9(13-5-8)17-6-7-3-4-16-10(7)11(14)15/h1-5H,6H2,(H,14,15). The highest BCUT2D eigenvalue weighted by atomic mass is 35.5. The monoisotopic (exact) mass is 285 g/mol. The lowest BCUT2D eigenvalue weighted by Gasteiger charge is -2.00. The van der Waals surface area contributed by atoms with E-state index in [1.165, 1.54) is 23.1 Å². The first-order valence-corrected chi connectivity index (χ1v) is 6.95. The highest BCUT2D eigenvalue weighted by Crippen LogP contribution is 2.26. The van der Waals surface area contributed by atoms with Crippen molar-refractivity contribution in [3.63, 3.8) is 0 Å². The van der Waals surface area contributed by atoms with E-state index in [1.54, 1.807) is 17.6 Å². The first-order chi connectivity index (χ1) is 8.16. The number of carboxylic acid groups (broad SMARTS) is 1. The second-order valence-corrected chi connectivity index (χ2v) is 5.53. The van der Waals surface area contributed by atoms with Gasteiger partial charge in [-0.05, 0) is 29.1 Å². The number of nitrogens with zero attached hydrogens (tertiary/aromatic N) is 1. The van der Waals surface area contributed by atoms with Crippen molar-refractivity contribution in [2.24, 2.45) is 0 Å². The summed E-state index contributed by atoms with van der Waals surface area (Å²) in [6.45, 7) is 0. The minimum atomic E-state index is -0.875. The molecule has 0 bridgehead atoms. The van der Waals surface area contributed by atoms with E-state index in [2.05, 4.69) is 4.98 Å². The molecule has 6 heteroatoms. The maximum absolute atomic E-state index is 10.9. The van der Waals surface area contributed by atoms with Gasteiger partial charge < -0.3 is 5.11 Å². The molecule has 0 aliphatic carbocycles. The average Bonchev–Trinajstić information content (AvgIpc) is 2.76. The van der Waals surface area contributed by atoms with Crippen LogP contribution in [0.4, 0.5) is 0 Å². The Morgan fingerprint density at radius 1 is 1.47 bits per heavy atom. The van der Waals surface area contributed by atoms with Crippen LogP contribution in [-0.4, -0.2) is 16.1 Å². The molecular weight excluding hydrogens is 278 g/mol. The van der Waals surface area contributed by atoms with Crippen LogP contribution in [0, 0.1) is 0 Å². The van der Waals surface area contributed by atoms with Gasteiger partial charge in [0.2, 0.25) is 0 Å². The fourth-order valence-electron chi connectivity index (χ4n) is 1.24. The molecule has 1 N–H and O–H groups in total. The molecule has 3 nitrogen and oxygen atoms in total. The highest BCUT2D eigenvalue weighted by molar-refractivity contribution is 7.98. The van der Waals surface area contributed by atoms with Crippen LogP contribution in [0.2, 0.25) is 5.02 Å². The van der Waals surface area contributed by atoms with Gasteiger partial charge in [0.25, 0.3) is 0 Å². The van der Waals surface area contributed by atoms with Gasteiger partial charge in [-0.15, -0.1) is 23.1 Å². The topological polar surface area (TPSA) is 50.2 Å². The summed E-state index contributed by atoms with van der Waals surface area (Å²) in [5.74, 6) is -0.278. The van der Waals surface area contributed by atoms with E-state index < -0.39 is 5.97 Å². The molecule has 0 fully saturated rings. The quantitative estimate of drug-likeness (QED) is 0.869. The van der Waals surface area contributed by atoms with Gasteiger partial charge in [0.1, 0.15) is 4.88 Å². The molecule has 17 heavy (non-hydrogen) atoms. The zero-order valence-corrected chi connectivity index (χ0v) is 11.0. The van der Waals surface area contributed by atoms with Gasteiger partial charge in [-0.25, -0.2) is 9.78 Å². The van der Waals surface area contributed by atoms with E-state index in [0.29, 0.717) is 15.7 Å². The Balaban J connectivity index is 2.05. The van der Waals surface area contributed by atoms with Crippen molar-refractivity contribution >= 4 is 40.7 Å². The molecule has 0 radical (unpaired) electrons. The van der Waals surface area contributed by atoms with E-state index in [4.69, 9.17) is 16.7 Å². The Morgan fingerprint density at radius 2 is 2.29 bits per heavy atom. The minimum absolute atomic E-state index is 0.395. The minimum Gasteiger partial charge on any atom is -0.477 e. The molecule has 0 aliphatic heterocycles. The second-order valence-electron chi connectivity index (χ2n) is 3.18. The van der Waals surface area contributed by atoms with Crippen molar-refractivity contribution < 1.29 is 9.90 Å². The molecule has 2 rings (SSSR count). The predicted molar refractivity (Wildman–Crippen MR) is 70.1 cm³/mol. The Bertz CT molecular complexity index is 525. The van der Waals surface area contributed by atoms with Gasteiger partial charge in [-0.2, -0.15) is 0 Å². The van der Waals surface area contributed by atoms with Gasteiger partial charge in [-0.3, -0.25) is 0 Å². The first kappa shape index (κ1) is 12.4. The summed E-state index contributed by atoms with van der Waals surface area (Å²) >= 11 is 8.46. The summed E-state index contributed by atoms with van der Waals surface area (Å²) in [7, 11) is 0. The second kappa shape index (κ2) is 5.53. The molecule has 2 aromatic rings.